The van der Waals surface area contributed by atoms with Gasteiger partial charge >= 0.3 is 0 Å². The van der Waals surface area contributed by atoms with Gasteiger partial charge < -0.3 is 5.11 Å². The van der Waals surface area contributed by atoms with Crippen LogP contribution in [0.5, 0.6) is 5.75 Å². The maximum atomic E-state index is 11.0. The fraction of sp³-hybridized carbons (Fsp3) is 0.370. The molecule has 0 heterocycles. The predicted octanol–water partition coefficient (Wildman–Crippen LogP) is 8.06. The van der Waals surface area contributed by atoms with Crippen LogP contribution in [0, 0.1) is 0 Å². The summed E-state index contributed by atoms with van der Waals surface area (Å²) in [5.74, 6) is 0.322. The lowest BCUT2D eigenvalue weighted by atomic mass is 9.79. The molecule has 3 heteroatoms. The second kappa shape index (κ2) is 8.85. The first-order valence-electron chi connectivity index (χ1n) is 10.6. The Balaban J connectivity index is 2.00. The number of nitrogens with zero attached hydrogens (tertiary/aromatic N) is 1. The summed E-state index contributed by atoms with van der Waals surface area (Å²) in [6, 6.07) is 12.4. The Morgan fingerprint density at radius 1 is 0.967 bits per heavy atom. The maximum absolute atomic E-state index is 11.0. The van der Waals surface area contributed by atoms with Crippen LogP contribution in [0.1, 0.15) is 71.1 Å². The third kappa shape index (κ3) is 5.46. The van der Waals surface area contributed by atoms with Gasteiger partial charge in [-0.05, 0) is 47.4 Å². The molecule has 1 aliphatic rings. The highest BCUT2D eigenvalue weighted by Crippen LogP contribution is 2.39. The van der Waals surface area contributed by atoms with Crippen molar-refractivity contribution in [1.29, 1.82) is 0 Å². The van der Waals surface area contributed by atoms with Crippen molar-refractivity contribution in [2.24, 2.45) is 4.99 Å². The van der Waals surface area contributed by atoms with E-state index in [1.807, 2.05) is 24.4 Å². The lowest BCUT2D eigenvalue weighted by Gasteiger charge is -2.27. The predicted molar refractivity (Wildman–Crippen MR) is 132 cm³/mol. The SMILES string of the molecule is CC(C)(C)c1cc(/C=N/c2ccccc2SC2=CCCC=C2)c(O)c(C(C)(C)C)c1. The van der Waals surface area contributed by atoms with Crippen LogP contribution in [0.2, 0.25) is 0 Å². The topological polar surface area (TPSA) is 32.6 Å². The lowest BCUT2D eigenvalue weighted by molar-refractivity contribution is 0.444. The number of phenolic OH excluding ortho intramolecular Hbond substituents is 1. The van der Waals surface area contributed by atoms with Gasteiger partial charge in [-0.1, -0.05) is 89.7 Å². The molecule has 0 atom stereocenters. The molecule has 1 N–H and O–H groups in total. The minimum absolute atomic E-state index is 0.0101. The zero-order valence-electron chi connectivity index (χ0n) is 19.0. The summed E-state index contributed by atoms with van der Waals surface area (Å²) in [6.45, 7) is 13.0. The summed E-state index contributed by atoms with van der Waals surface area (Å²) in [5, 5.41) is 11.0. The van der Waals surface area contributed by atoms with Crippen molar-refractivity contribution in [1.82, 2.24) is 0 Å². The van der Waals surface area contributed by atoms with Crippen LogP contribution in [-0.4, -0.2) is 11.3 Å². The van der Waals surface area contributed by atoms with Gasteiger partial charge in [-0.25, -0.2) is 0 Å². The number of para-hydroxylation sites is 1. The van der Waals surface area contributed by atoms with E-state index in [4.69, 9.17) is 4.99 Å². The summed E-state index contributed by atoms with van der Waals surface area (Å²) in [4.78, 5) is 7.17. The average molecular weight is 420 g/mol. The van der Waals surface area contributed by atoms with Crippen molar-refractivity contribution < 1.29 is 5.11 Å². The zero-order valence-corrected chi connectivity index (χ0v) is 19.8. The van der Waals surface area contributed by atoms with Gasteiger partial charge in [-0.15, -0.1) is 0 Å². The van der Waals surface area contributed by atoms with Gasteiger partial charge in [0.25, 0.3) is 0 Å². The van der Waals surface area contributed by atoms with Gasteiger partial charge in [0.15, 0.2) is 0 Å². The van der Waals surface area contributed by atoms with Crippen molar-refractivity contribution in [2.75, 3.05) is 0 Å². The molecule has 0 radical (unpaired) electrons. The van der Waals surface area contributed by atoms with E-state index in [2.05, 4.69) is 78.0 Å². The first kappa shape index (κ1) is 22.4. The molecule has 0 bridgehead atoms. The van der Waals surface area contributed by atoms with Crippen LogP contribution in [0.3, 0.4) is 0 Å². The van der Waals surface area contributed by atoms with Crippen LogP contribution < -0.4 is 0 Å². The molecule has 0 saturated heterocycles. The Morgan fingerprint density at radius 3 is 2.33 bits per heavy atom. The Morgan fingerprint density at radius 2 is 1.70 bits per heavy atom. The van der Waals surface area contributed by atoms with Gasteiger partial charge in [-0.3, -0.25) is 4.99 Å². The molecule has 0 spiro atoms. The molecule has 2 nitrogen and oxygen atoms in total. The van der Waals surface area contributed by atoms with E-state index < -0.39 is 0 Å². The lowest BCUT2D eigenvalue weighted by Crippen LogP contribution is -2.17. The summed E-state index contributed by atoms with van der Waals surface area (Å²) in [6.07, 6.45) is 10.7. The Labute approximate surface area is 185 Å². The number of allylic oxidation sites excluding steroid dienone is 3. The fourth-order valence-corrected chi connectivity index (χ4v) is 4.33. The van der Waals surface area contributed by atoms with Crippen molar-refractivity contribution in [3.05, 3.63) is 76.2 Å². The highest BCUT2D eigenvalue weighted by Gasteiger charge is 2.24. The monoisotopic (exact) mass is 419 g/mol. The van der Waals surface area contributed by atoms with Gasteiger partial charge in [0.2, 0.25) is 0 Å². The Hall–Kier alpha value is -2.26. The molecule has 0 aromatic heterocycles. The van der Waals surface area contributed by atoms with Crippen molar-refractivity contribution in [2.45, 2.75) is 70.1 Å². The van der Waals surface area contributed by atoms with Gasteiger partial charge in [0, 0.05) is 27.1 Å². The molecule has 0 fully saturated rings. The number of hydrogen-bond acceptors (Lipinski definition) is 3. The van der Waals surface area contributed by atoms with E-state index in [-0.39, 0.29) is 10.8 Å². The molecule has 2 aromatic rings. The minimum atomic E-state index is -0.151. The summed E-state index contributed by atoms with van der Waals surface area (Å²) >= 11 is 1.74. The van der Waals surface area contributed by atoms with Crippen LogP contribution in [0.15, 0.2) is 69.4 Å². The molecule has 30 heavy (non-hydrogen) atoms. The number of aliphatic imine (C=N–C) groups is 1. The average Bonchev–Trinajstić information content (AvgIpc) is 2.67. The van der Waals surface area contributed by atoms with Crippen LogP contribution >= 0.6 is 11.8 Å². The molecule has 0 saturated carbocycles. The normalized spacial score (nSPS) is 14.9. The number of thioether (sulfide) groups is 1. The molecule has 158 valence electrons. The van der Waals surface area contributed by atoms with E-state index in [9.17, 15) is 5.11 Å². The van der Waals surface area contributed by atoms with Crippen molar-refractivity contribution in [3.63, 3.8) is 0 Å². The second-order valence-corrected chi connectivity index (χ2v) is 11.0. The van der Waals surface area contributed by atoms with E-state index in [1.165, 1.54) is 10.5 Å². The summed E-state index contributed by atoms with van der Waals surface area (Å²) < 4.78 is 0. The van der Waals surface area contributed by atoms with Crippen LogP contribution in [-0.2, 0) is 10.8 Å². The second-order valence-electron chi connectivity index (χ2n) is 9.88. The molecule has 0 aliphatic heterocycles. The molecule has 0 unspecified atom stereocenters. The first-order valence-corrected chi connectivity index (χ1v) is 11.4. The first-order chi connectivity index (χ1) is 14.1. The van der Waals surface area contributed by atoms with Crippen LogP contribution in [0.25, 0.3) is 0 Å². The molecule has 3 rings (SSSR count). The number of aromatic hydroxyl groups is 1. The number of hydrogen-bond donors (Lipinski definition) is 1. The summed E-state index contributed by atoms with van der Waals surface area (Å²) in [7, 11) is 0. The van der Waals surface area contributed by atoms with E-state index >= 15 is 0 Å². The minimum Gasteiger partial charge on any atom is -0.507 e. The Kier molecular flexibility index (Phi) is 6.62. The standard InChI is InChI=1S/C27H33NOS/c1-26(2,3)20-16-19(25(29)22(17-20)27(4,5)6)18-28-23-14-10-11-15-24(23)30-21-12-8-7-9-13-21/h8,10-18,29H,7,9H2,1-6H3/b28-18+. The molecular weight excluding hydrogens is 386 g/mol. The third-order valence-electron chi connectivity index (χ3n) is 5.21. The molecular formula is C27H33NOS. The highest BCUT2D eigenvalue weighted by molar-refractivity contribution is 8.03. The number of rotatable bonds is 4. The molecule has 1 aliphatic carbocycles. The zero-order chi connectivity index (χ0) is 21.9. The third-order valence-corrected chi connectivity index (χ3v) is 6.31. The summed E-state index contributed by atoms with van der Waals surface area (Å²) in [5.41, 5.74) is 3.68. The van der Waals surface area contributed by atoms with E-state index in [0.717, 1.165) is 34.6 Å². The molecule has 0 amide bonds. The largest absolute Gasteiger partial charge is 0.507 e. The van der Waals surface area contributed by atoms with Crippen molar-refractivity contribution >= 4 is 23.7 Å². The quantitative estimate of drug-likeness (QED) is 0.508. The maximum Gasteiger partial charge on any atom is 0.128 e. The van der Waals surface area contributed by atoms with Gasteiger partial charge in [0.05, 0.1) is 5.69 Å². The fourth-order valence-electron chi connectivity index (χ4n) is 3.34. The molecule has 2 aromatic carbocycles. The van der Waals surface area contributed by atoms with Crippen LogP contribution in [0.4, 0.5) is 5.69 Å². The number of benzene rings is 2. The number of phenols is 1. The van der Waals surface area contributed by atoms with E-state index in [0.29, 0.717) is 5.75 Å². The van der Waals surface area contributed by atoms with E-state index in [1.54, 1.807) is 11.8 Å². The van der Waals surface area contributed by atoms with Gasteiger partial charge in [-0.2, -0.15) is 0 Å². The van der Waals surface area contributed by atoms with Gasteiger partial charge in [0.1, 0.15) is 5.75 Å². The smallest absolute Gasteiger partial charge is 0.128 e. The Bertz CT molecular complexity index is 1000. The van der Waals surface area contributed by atoms with Crippen molar-refractivity contribution in [3.8, 4) is 5.75 Å². The highest BCUT2D eigenvalue weighted by atomic mass is 32.2.